The quantitative estimate of drug-likeness (QED) is 0.846. The second-order valence-electron chi connectivity index (χ2n) is 7.27. The lowest BCUT2D eigenvalue weighted by atomic mass is 10.0. The highest BCUT2D eigenvalue weighted by Gasteiger charge is 2.36. The van der Waals surface area contributed by atoms with Crippen molar-refractivity contribution in [2.45, 2.75) is 39.2 Å². The fourth-order valence-corrected chi connectivity index (χ4v) is 3.35. The number of aromatic amines is 1. The van der Waals surface area contributed by atoms with Crippen LogP contribution in [-0.4, -0.2) is 51.7 Å². The van der Waals surface area contributed by atoms with Crippen LogP contribution >= 0.6 is 0 Å². The number of hydrogen-bond donors (Lipinski definition) is 2. The minimum Gasteiger partial charge on any atom is -0.352 e. The molecule has 1 aromatic carbocycles. The zero-order chi connectivity index (χ0) is 17.8. The zero-order valence-electron chi connectivity index (χ0n) is 15.2. The first kappa shape index (κ1) is 17.6. The third-order valence-corrected chi connectivity index (χ3v) is 4.69. The van der Waals surface area contributed by atoms with E-state index < -0.39 is 0 Å². The van der Waals surface area contributed by atoms with Gasteiger partial charge in [0.15, 0.2) is 5.82 Å². The summed E-state index contributed by atoms with van der Waals surface area (Å²) < 4.78 is 0. The number of likely N-dealkylation sites (tertiary alicyclic amines) is 1. The maximum atomic E-state index is 11.6. The highest BCUT2D eigenvalue weighted by molar-refractivity contribution is 5.73. The van der Waals surface area contributed by atoms with Crippen LogP contribution in [0.4, 0.5) is 0 Å². The molecule has 6 heteroatoms. The Morgan fingerprint density at radius 2 is 2.08 bits per heavy atom. The Balaban J connectivity index is 1.76. The van der Waals surface area contributed by atoms with E-state index in [0.717, 1.165) is 37.4 Å². The molecule has 2 N–H and O–H groups in total. The van der Waals surface area contributed by atoms with Crippen molar-refractivity contribution in [2.24, 2.45) is 5.92 Å². The molecule has 1 aliphatic rings. The lowest BCUT2D eigenvalue weighted by Crippen LogP contribution is -2.38. The molecule has 3 rings (SSSR count). The summed E-state index contributed by atoms with van der Waals surface area (Å²) in [4.78, 5) is 18.7. The van der Waals surface area contributed by atoms with Crippen molar-refractivity contribution in [1.29, 1.82) is 0 Å². The monoisotopic (exact) mass is 341 g/mol. The molecule has 0 saturated carbocycles. The Labute approximate surface area is 149 Å². The maximum Gasteiger partial charge on any atom is 0.217 e. The van der Waals surface area contributed by atoms with Gasteiger partial charge >= 0.3 is 0 Å². The number of H-pyrrole nitrogens is 1. The first-order valence-corrected chi connectivity index (χ1v) is 9.00. The highest BCUT2D eigenvalue weighted by Crippen LogP contribution is 2.27. The number of aromatic nitrogens is 3. The van der Waals surface area contributed by atoms with Gasteiger partial charge in [-0.1, -0.05) is 44.2 Å². The Hall–Kier alpha value is -2.21. The Bertz CT molecular complexity index is 697. The molecule has 1 fully saturated rings. The molecule has 1 saturated heterocycles. The third kappa shape index (κ3) is 4.45. The molecule has 1 aliphatic heterocycles. The third-order valence-electron chi connectivity index (χ3n) is 4.69. The molecule has 2 aromatic rings. The fourth-order valence-electron chi connectivity index (χ4n) is 3.35. The van der Waals surface area contributed by atoms with E-state index in [4.69, 9.17) is 4.98 Å². The summed E-state index contributed by atoms with van der Waals surface area (Å²) in [5.74, 6) is 2.38. The topological polar surface area (TPSA) is 73.9 Å². The zero-order valence-corrected chi connectivity index (χ0v) is 15.2. The summed E-state index contributed by atoms with van der Waals surface area (Å²) >= 11 is 0. The van der Waals surface area contributed by atoms with E-state index in [1.807, 2.05) is 30.3 Å². The molecule has 0 radical (unpaired) electrons. The lowest BCUT2D eigenvalue weighted by Gasteiger charge is -2.17. The lowest BCUT2D eigenvalue weighted by molar-refractivity contribution is -0.119. The van der Waals surface area contributed by atoms with E-state index in [9.17, 15) is 4.79 Å². The average Bonchev–Trinajstić information content (AvgIpc) is 3.20. The standard InChI is InChI=1S/C19H27N5O/c1-13(2)9-10-24-11-16(17(12-24)20-14(3)25)19-21-18(22-23-19)15-7-5-4-6-8-15/h4-8,13,16-17H,9-12H2,1-3H3,(H,20,25)(H,21,22,23)/t16-,17-/m1/s1. The van der Waals surface area contributed by atoms with Crippen LogP contribution in [0.15, 0.2) is 30.3 Å². The predicted octanol–water partition coefficient (Wildman–Crippen LogP) is 2.42. The van der Waals surface area contributed by atoms with Gasteiger partial charge in [0.1, 0.15) is 5.82 Å². The van der Waals surface area contributed by atoms with Crippen molar-refractivity contribution in [3.63, 3.8) is 0 Å². The summed E-state index contributed by atoms with van der Waals surface area (Å²) in [6, 6.07) is 10.0. The Morgan fingerprint density at radius 3 is 2.76 bits per heavy atom. The molecule has 0 spiro atoms. The van der Waals surface area contributed by atoms with E-state index in [0.29, 0.717) is 11.7 Å². The van der Waals surface area contributed by atoms with Crippen LogP contribution in [0, 0.1) is 5.92 Å². The largest absolute Gasteiger partial charge is 0.352 e. The molecule has 0 bridgehead atoms. The van der Waals surface area contributed by atoms with E-state index in [-0.39, 0.29) is 17.9 Å². The van der Waals surface area contributed by atoms with Crippen LogP contribution < -0.4 is 5.32 Å². The summed E-state index contributed by atoms with van der Waals surface area (Å²) in [6.07, 6.45) is 1.16. The number of carbonyl (C=O) groups excluding carboxylic acids is 1. The Kier molecular flexibility index (Phi) is 5.48. The van der Waals surface area contributed by atoms with Crippen LogP contribution in [0.3, 0.4) is 0 Å². The van der Waals surface area contributed by atoms with Gasteiger partial charge in [0.2, 0.25) is 5.91 Å². The Morgan fingerprint density at radius 1 is 1.32 bits per heavy atom. The second kappa shape index (κ2) is 7.78. The number of nitrogens with one attached hydrogen (secondary N) is 2. The molecule has 1 aromatic heterocycles. The fraction of sp³-hybridized carbons (Fsp3) is 0.526. The first-order chi connectivity index (χ1) is 12.0. The van der Waals surface area contributed by atoms with Crippen molar-refractivity contribution < 1.29 is 4.79 Å². The van der Waals surface area contributed by atoms with Crippen molar-refractivity contribution in [3.8, 4) is 11.4 Å². The van der Waals surface area contributed by atoms with Gasteiger partial charge in [-0.3, -0.25) is 9.89 Å². The molecule has 25 heavy (non-hydrogen) atoms. The van der Waals surface area contributed by atoms with E-state index >= 15 is 0 Å². The van der Waals surface area contributed by atoms with Crippen LogP contribution in [0.2, 0.25) is 0 Å². The summed E-state index contributed by atoms with van der Waals surface area (Å²) in [7, 11) is 0. The first-order valence-electron chi connectivity index (χ1n) is 9.00. The van der Waals surface area contributed by atoms with Crippen molar-refractivity contribution in [2.75, 3.05) is 19.6 Å². The molecule has 0 unspecified atom stereocenters. The highest BCUT2D eigenvalue weighted by atomic mass is 16.1. The summed E-state index contributed by atoms with van der Waals surface area (Å²) in [5.41, 5.74) is 0.996. The number of rotatable bonds is 6. The van der Waals surface area contributed by atoms with Gasteiger partial charge in [-0.25, -0.2) is 4.98 Å². The van der Waals surface area contributed by atoms with Gasteiger partial charge in [-0.2, -0.15) is 5.10 Å². The van der Waals surface area contributed by atoms with Gasteiger partial charge in [0, 0.05) is 25.6 Å². The molecule has 1 amide bonds. The number of nitrogens with zero attached hydrogens (tertiary/aromatic N) is 3. The number of carbonyl (C=O) groups is 1. The van der Waals surface area contributed by atoms with Gasteiger partial charge in [-0.05, 0) is 18.9 Å². The smallest absolute Gasteiger partial charge is 0.217 e. The summed E-state index contributed by atoms with van der Waals surface area (Å²) in [6.45, 7) is 8.84. The minimum atomic E-state index is 0.00325. The van der Waals surface area contributed by atoms with Crippen LogP contribution in [0.25, 0.3) is 11.4 Å². The molecule has 6 nitrogen and oxygen atoms in total. The molecule has 2 atom stereocenters. The van der Waals surface area contributed by atoms with Gasteiger partial charge in [0.25, 0.3) is 0 Å². The number of hydrogen-bond acceptors (Lipinski definition) is 4. The van der Waals surface area contributed by atoms with Gasteiger partial charge < -0.3 is 10.2 Å². The van der Waals surface area contributed by atoms with E-state index in [1.54, 1.807) is 6.92 Å². The summed E-state index contributed by atoms with van der Waals surface area (Å²) in [5, 5.41) is 10.6. The van der Waals surface area contributed by atoms with E-state index in [1.165, 1.54) is 0 Å². The van der Waals surface area contributed by atoms with Crippen molar-refractivity contribution in [1.82, 2.24) is 25.4 Å². The normalized spacial score (nSPS) is 21.0. The molecular formula is C19H27N5O. The van der Waals surface area contributed by atoms with Crippen LogP contribution in [0.5, 0.6) is 0 Å². The molecule has 0 aliphatic carbocycles. The van der Waals surface area contributed by atoms with E-state index in [2.05, 4.69) is 34.3 Å². The predicted molar refractivity (Wildman–Crippen MR) is 98.1 cm³/mol. The minimum absolute atomic E-state index is 0.00325. The maximum absolute atomic E-state index is 11.6. The molecular weight excluding hydrogens is 314 g/mol. The molecule has 134 valence electrons. The second-order valence-corrected chi connectivity index (χ2v) is 7.27. The van der Waals surface area contributed by atoms with Crippen LogP contribution in [0.1, 0.15) is 38.9 Å². The average molecular weight is 341 g/mol. The van der Waals surface area contributed by atoms with Crippen molar-refractivity contribution in [3.05, 3.63) is 36.2 Å². The number of benzene rings is 1. The van der Waals surface area contributed by atoms with Crippen molar-refractivity contribution >= 4 is 5.91 Å². The van der Waals surface area contributed by atoms with Gasteiger partial charge in [-0.15, -0.1) is 0 Å². The molecule has 2 heterocycles. The van der Waals surface area contributed by atoms with Crippen LogP contribution in [-0.2, 0) is 4.79 Å². The SMILES string of the molecule is CC(=O)N[C@@H]1CN(CCC(C)C)C[C@H]1c1nc(-c2ccccc2)n[nH]1. The van der Waals surface area contributed by atoms with Gasteiger partial charge in [0.05, 0.1) is 12.0 Å². The number of amides is 1.